The quantitative estimate of drug-likeness (QED) is 0.914. The zero-order valence-corrected chi connectivity index (χ0v) is 11.4. The van der Waals surface area contributed by atoms with Crippen molar-refractivity contribution in [3.8, 4) is 5.75 Å². The predicted octanol–water partition coefficient (Wildman–Crippen LogP) is 1.97. The molecule has 100 valence electrons. The van der Waals surface area contributed by atoms with E-state index >= 15 is 0 Å². The molecule has 0 radical (unpaired) electrons. The zero-order valence-electron chi connectivity index (χ0n) is 11.4. The number of aromatic nitrogens is 2. The van der Waals surface area contributed by atoms with Gasteiger partial charge < -0.3 is 10.5 Å². The normalized spacial score (nSPS) is 15.1. The SMILES string of the molecule is CCc1nn(C)cc1C(N)c1cccc2c1OCC2. The minimum atomic E-state index is -0.170. The van der Waals surface area contributed by atoms with Gasteiger partial charge in [-0.1, -0.05) is 25.1 Å². The Morgan fingerprint density at radius 3 is 3.05 bits per heavy atom. The Balaban J connectivity index is 2.04. The van der Waals surface area contributed by atoms with Crippen molar-refractivity contribution in [1.29, 1.82) is 0 Å². The summed E-state index contributed by atoms with van der Waals surface area (Å²) < 4.78 is 7.58. The summed E-state index contributed by atoms with van der Waals surface area (Å²) >= 11 is 0. The highest BCUT2D eigenvalue weighted by molar-refractivity contribution is 5.48. The van der Waals surface area contributed by atoms with E-state index in [9.17, 15) is 0 Å². The Morgan fingerprint density at radius 2 is 2.26 bits per heavy atom. The van der Waals surface area contributed by atoms with E-state index in [0.29, 0.717) is 0 Å². The number of rotatable bonds is 3. The molecule has 0 spiro atoms. The van der Waals surface area contributed by atoms with E-state index in [-0.39, 0.29) is 6.04 Å². The summed E-state index contributed by atoms with van der Waals surface area (Å²) in [6, 6.07) is 6.06. The van der Waals surface area contributed by atoms with Gasteiger partial charge in [-0.2, -0.15) is 5.10 Å². The maximum Gasteiger partial charge on any atom is 0.127 e. The third-order valence-corrected chi connectivity index (χ3v) is 3.69. The van der Waals surface area contributed by atoms with Gasteiger partial charge in [0.1, 0.15) is 5.75 Å². The second kappa shape index (κ2) is 4.70. The number of fused-ring (bicyclic) bond motifs is 1. The van der Waals surface area contributed by atoms with Crippen LogP contribution in [-0.4, -0.2) is 16.4 Å². The molecule has 0 bridgehead atoms. The summed E-state index contributed by atoms with van der Waals surface area (Å²) in [6.07, 6.45) is 3.88. The summed E-state index contributed by atoms with van der Waals surface area (Å²) in [7, 11) is 1.93. The summed E-state index contributed by atoms with van der Waals surface area (Å²) in [5.74, 6) is 0.973. The summed E-state index contributed by atoms with van der Waals surface area (Å²) in [6.45, 7) is 2.86. The molecule has 2 heterocycles. The molecule has 3 rings (SSSR count). The highest BCUT2D eigenvalue weighted by Crippen LogP contribution is 2.35. The van der Waals surface area contributed by atoms with E-state index in [1.807, 2.05) is 17.9 Å². The molecule has 1 unspecified atom stereocenters. The largest absolute Gasteiger partial charge is 0.493 e. The number of ether oxygens (including phenoxy) is 1. The minimum Gasteiger partial charge on any atom is -0.493 e. The van der Waals surface area contributed by atoms with Crippen LogP contribution < -0.4 is 10.5 Å². The fraction of sp³-hybridized carbons (Fsp3) is 0.400. The van der Waals surface area contributed by atoms with Crippen LogP contribution in [0.1, 0.15) is 35.3 Å². The highest BCUT2D eigenvalue weighted by atomic mass is 16.5. The Kier molecular flexibility index (Phi) is 3.03. The van der Waals surface area contributed by atoms with Crippen molar-refractivity contribution in [3.05, 3.63) is 46.8 Å². The number of aryl methyl sites for hydroxylation is 2. The first-order valence-electron chi connectivity index (χ1n) is 6.73. The minimum absolute atomic E-state index is 0.170. The summed E-state index contributed by atoms with van der Waals surface area (Å²) in [5.41, 5.74) is 10.9. The zero-order chi connectivity index (χ0) is 13.4. The molecule has 1 aliphatic rings. The molecule has 2 N–H and O–H groups in total. The van der Waals surface area contributed by atoms with E-state index in [1.54, 1.807) is 0 Å². The van der Waals surface area contributed by atoms with E-state index in [1.165, 1.54) is 5.56 Å². The first-order valence-corrected chi connectivity index (χ1v) is 6.73. The van der Waals surface area contributed by atoms with Gasteiger partial charge in [0.2, 0.25) is 0 Å². The molecule has 4 nitrogen and oxygen atoms in total. The second-order valence-electron chi connectivity index (χ2n) is 4.97. The second-order valence-corrected chi connectivity index (χ2v) is 4.97. The smallest absolute Gasteiger partial charge is 0.127 e. The van der Waals surface area contributed by atoms with Crippen LogP contribution in [0, 0.1) is 0 Å². The van der Waals surface area contributed by atoms with E-state index in [2.05, 4.69) is 30.2 Å². The van der Waals surface area contributed by atoms with E-state index < -0.39 is 0 Å². The average Bonchev–Trinajstić information content (AvgIpc) is 3.03. The number of nitrogens with two attached hydrogens (primary N) is 1. The van der Waals surface area contributed by atoms with Crippen LogP contribution in [0.25, 0.3) is 0 Å². The molecule has 2 aromatic rings. The van der Waals surface area contributed by atoms with E-state index in [0.717, 1.165) is 42.0 Å². The van der Waals surface area contributed by atoms with Crippen molar-refractivity contribution in [2.45, 2.75) is 25.8 Å². The maximum atomic E-state index is 6.45. The van der Waals surface area contributed by atoms with Gasteiger partial charge in [-0.3, -0.25) is 4.68 Å². The Bertz CT molecular complexity index is 603. The number of hydrogen-bond donors (Lipinski definition) is 1. The van der Waals surface area contributed by atoms with Crippen molar-refractivity contribution >= 4 is 0 Å². The number of para-hydroxylation sites is 1. The highest BCUT2D eigenvalue weighted by Gasteiger charge is 2.23. The summed E-state index contributed by atoms with van der Waals surface area (Å²) in [4.78, 5) is 0. The molecule has 1 aliphatic heterocycles. The summed E-state index contributed by atoms with van der Waals surface area (Å²) in [5, 5.41) is 4.47. The van der Waals surface area contributed by atoms with Crippen molar-refractivity contribution in [1.82, 2.24) is 9.78 Å². The predicted molar refractivity (Wildman–Crippen MR) is 74.3 cm³/mol. The Hall–Kier alpha value is -1.81. The third-order valence-electron chi connectivity index (χ3n) is 3.69. The van der Waals surface area contributed by atoms with Gasteiger partial charge in [0, 0.05) is 30.8 Å². The first kappa shape index (κ1) is 12.2. The monoisotopic (exact) mass is 257 g/mol. The van der Waals surface area contributed by atoms with Crippen LogP contribution in [0.2, 0.25) is 0 Å². The molecule has 0 saturated heterocycles. The Morgan fingerprint density at radius 1 is 1.42 bits per heavy atom. The van der Waals surface area contributed by atoms with Crippen molar-refractivity contribution in [2.24, 2.45) is 12.8 Å². The fourth-order valence-corrected chi connectivity index (χ4v) is 2.74. The lowest BCUT2D eigenvalue weighted by Crippen LogP contribution is -2.14. The number of benzene rings is 1. The average molecular weight is 257 g/mol. The maximum absolute atomic E-state index is 6.45. The standard InChI is InChI=1S/C15H19N3O/c1-3-13-12(9-18(2)17-13)14(16)11-6-4-5-10-7-8-19-15(10)11/h4-6,9,14H,3,7-8,16H2,1-2H3. The molecule has 1 atom stereocenters. The molecular formula is C15H19N3O. The lowest BCUT2D eigenvalue weighted by molar-refractivity contribution is 0.352. The third kappa shape index (κ3) is 2.02. The van der Waals surface area contributed by atoms with Crippen LogP contribution in [0.15, 0.2) is 24.4 Å². The topological polar surface area (TPSA) is 53.1 Å². The fourth-order valence-electron chi connectivity index (χ4n) is 2.74. The van der Waals surface area contributed by atoms with Crippen LogP contribution in [-0.2, 0) is 19.9 Å². The van der Waals surface area contributed by atoms with Gasteiger partial charge in [0.15, 0.2) is 0 Å². The molecule has 0 aliphatic carbocycles. The van der Waals surface area contributed by atoms with Crippen LogP contribution in [0.5, 0.6) is 5.75 Å². The van der Waals surface area contributed by atoms with Crippen LogP contribution in [0.3, 0.4) is 0 Å². The van der Waals surface area contributed by atoms with Crippen molar-refractivity contribution < 1.29 is 4.74 Å². The van der Waals surface area contributed by atoms with Gasteiger partial charge in [-0.05, 0) is 12.0 Å². The van der Waals surface area contributed by atoms with Gasteiger partial charge in [0.25, 0.3) is 0 Å². The molecule has 19 heavy (non-hydrogen) atoms. The van der Waals surface area contributed by atoms with E-state index in [4.69, 9.17) is 10.5 Å². The van der Waals surface area contributed by atoms with Crippen LogP contribution >= 0.6 is 0 Å². The van der Waals surface area contributed by atoms with Gasteiger partial charge in [0.05, 0.1) is 18.3 Å². The van der Waals surface area contributed by atoms with Gasteiger partial charge >= 0.3 is 0 Å². The van der Waals surface area contributed by atoms with Crippen molar-refractivity contribution in [3.63, 3.8) is 0 Å². The number of hydrogen-bond acceptors (Lipinski definition) is 3. The lowest BCUT2D eigenvalue weighted by atomic mass is 9.96. The molecule has 1 aromatic carbocycles. The molecular weight excluding hydrogens is 238 g/mol. The molecule has 0 amide bonds. The van der Waals surface area contributed by atoms with Crippen LogP contribution in [0.4, 0.5) is 0 Å². The number of nitrogens with zero attached hydrogens (tertiary/aromatic N) is 2. The molecule has 0 saturated carbocycles. The first-order chi connectivity index (χ1) is 9.20. The lowest BCUT2D eigenvalue weighted by Gasteiger charge is -2.15. The van der Waals surface area contributed by atoms with Crippen molar-refractivity contribution in [2.75, 3.05) is 6.61 Å². The van der Waals surface area contributed by atoms with Gasteiger partial charge in [-0.15, -0.1) is 0 Å². The van der Waals surface area contributed by atoms with Gasteiger partial charge in [-0.25, -0.2) is 0 Å². The molecule has 1 aromatic heterocycles. The Labute approximate surface area is 113 Å². The molecule has 0 fully saturated rings. The molecule has 4 heteroatoms.